The summed E-state index contributed by atoms with van der Waals surface area (Å²) in [5.41, 5.74) is 9.16. The van der Waals surface area contributed by atoms with Gasteiger partial charge in [-0.3, -0.25) is 0 Å². The fourth-order valence-electron chi connectivity index (χ4n) is 2.99. The predicted octanol–water partition coefficient (Wildman–Crippen LogP) is 2.78. The van der Waals surface area contributed by atoms with Crippen LogP contribution in [-0.4, -0.2) is 37.7 Å². The number of likely N-dealkylation sites (tertiary alicyclic amines) is 1. The molecule has 0 atom stereocenters. The van der Waals surface area contributed by atoms with E-state index in [9.17, 15) is 0 Å². The second kappa shape index (κ2) is 6.15. The lowest BCUT2D eigenvalue weighted by molar-refractivity contribution is 0.190. The number of methoxy groups -OCH3 is 1. The molecule has 1 aromatic rings. The van der Waals surface area contributed by atoms with Gasteiger partial charge in [0.25, 0.3) is 0 Å². The molecular formula is C17H28N2O. The van der Waals surface area contributed by atoms with Crippen molar-refractivity contribution in [3.8, 4) is 5.75 Å². The maximum Gasteiger partial charge on any atom is 0.122 e. The summed E-state index contributed by atoms with van der Waals surface area (Å²) in [7, 11) is 3.91. The number of hydrogen-bond acceptors (Lipinski definition) is 3. The van der Waals surface area contributed by atoms with Crippen molar-refractivity contribution < 1.29 is 4.74 Å². The molecule has 0 saturated carbocycles. The lowest BCUT2D eigenvalue weighted by atomic mass is 9.82. The lowest BCUT2D eigenvalue weighted by Gasteiger charge is -2.38. The fourth-order valence-corrected chi connectivity index (χ4v) is 2.99. The van der Waals surface area contributed by atoms with Crippen molar-refractivity contribution in [2.45, 2.75) is 44.6 Å². The van der Waals surface area contributed by atoms with Crippen molar-refractivity contribution in [3.63, 3.8) is 0 Å². The largest absolute Gasteiger partial charge is 0.496 e. The van der Waals surface area contributed by atoms with E-state index >= 15 is 0 Å². The summed E-state index contributed by atoms with van der Waals surface area (Å²) in [6.07, 6.45) is 3.11. The number of piperidine rings is 1. The van der Waals surface area contributed by atoms with Crippen LogP contribution in [0, 0.1) is 0 Å². The molecule has 0 amide bonds. The van der Waals surface area contributed by atoms with Crippen LogP contribution in [0.15, 0.2) is 18.2 Å². The van der Waals surface area contributed by atoms with Crippen molar-refractivity contribution in [2.75, 3.05) is 27.2 Å². The van der Waals surface area contributed by atoms with Crippen molar-refractivity contribution >= 4 is 0 Å². The molecular weight excluding hydrogens is 248 g/mol. The Morgan fingerprint density at radius 2 is 1.95 bits per heavy atom. The number of nitrogens with two attached hydrogens (primary N) is 1. The van der Waals surface area contributed by atoms with Gasteiger partial charge in [-0.2, -0.15) is 0 Å². The van der Waals surface area contributed by atoms with Gasteiger partial charge in [0, 0.05) is 5.54 Å². The molecule has 1 saturated heterocycles. The molecule has 1 aliphatic rings. The Bertz CT molecular complexity index is 448. The zero-order valence-electron chi connectivity index (χ0n) is 13.3. The van der Waals surface area contributed by atoms with E-state index in [1.54, 1.807) is 7.11 Å². The Morgan fingerprint density at radius 1 is 1.30 bits per heavy atom. The molecule has 0 unspecified atom stereocenters. The summed E-state index contributed by atoms with van der Waals surface area (Å²) in [6.45, 7) is 6.61. The van der Waals surface area contributed by atoms with Crippen LogP contribution in [0.5, 0.6) is 5.75 Å². The molecule has 0 radical (unpaired) electrons. The Morgan fingerprint density at radius 3 is 2.50 bits per heavy atom. The summed E-state index contributed by atoms with van der Waals surface area (Å²) in [4.78, 5) is 2.36. The summed E-state index contributed by atoms with van der Waals surface area (Å²) < 4.78 is 5.45. The number of rotatable bonds is 4. The second-order valence-corrected chi connectivity index (χ2v) is 6.57. The molecule has 112 valence electrons. The average molecular weight is 276 g/mol. The average Bonchev–Trinajstić information content (AvgIpc) is 2.42. The van der Waals surface area contributed by atoms with Crippen LogP contribution in [0.4, 0.5) is 0 Å². The minimum Gasteiger partial charge on any atom is -0.496 e. The highest BCUT2D eigenvalue weighted by molar-refractivity contribution is 5.39. The van der Waals surface area contributed by atoms with E-state index in [1.807, 2.05) is 0 Å². The molecule has 3 nitrogen and oxygen atoms in total. The number of ether oxygens (including phenoxy) is 1. The van der Waals surface area contributed by atoms with Crippen LogP contribution >= 0.6 is 0 Å². The van der Waals surface area contributed by atoms with Gasteiger partial charge in [0.1, 0.15) is 5.75 Å². The molecule has 0 spiro atoms. The minimum absolute atomic E-state index is 0.0463. The predicted molar refractivity (Wildman–Crippen MR) is 84.4 cm³/mol. The molecule has 1 aromatic carbocycles. The molecule has 2 rings (SSSR count). The van der Waals surface area contributed by atoms with Crippen LogP contribution in [0.2, 0.25) is 0 Å². The molecule has 1 fully saturated rings. The van der Waals surface area contributed by atoms with Crippen molar-refractivity contribution in [3.05, 3.63) is 29.3 Å². The molecule has 0 aromatic heterocycles. The highest BCUT2D eigenvalue weighted by atomic mass is 16.5. The van der Waals surface area contributed by atoms with Gasteiger partial charge in [0.2, 0.25) is 0 Å². The van der Waals surface area contributed by atoms with Crippen LogP contribution in [0.1, 0.15) is 43.7 Å². The molecule has 3 heteroatoms. The Labute approximate surface area is 123 Å². The third-order valence-electron chi connectivity index (χ3n) is 4.46. The van der Waals surface area contributed by atoms with Gasteiger partial charge in [0.15, 0.2) is 0 Å². The number of hydrogen-bond donors (Lipinski definition) is 1. The van der Waals surface area contributed by atoms with Gasteiger partial charge in [-0.1, -0.05) is 26.0 Å². The normalized spacial score (nSPS) is 19.3. The minimum atomic E-state index is -0.0463. The lowest BCUT2D eigenvalue weighted by Crippen LogP contribution is -2.50. The third-order valence-corrected chi connectivity index (χ3v) is 4.46. The molecule has 1 heterocycles. The highest BCUT2D eigenvalue weighted by Crippen LogP contribution is 2.30. The first-order valence-corrected chi connectivity index (χ1v) is 7.58. The highest BCUT2D eigenvalue weighted by Gasteiger charge is 2.29. The molecule has 0 bridgehead atoms. The summed E-state index contributed by atoms with van der Waals surface area (Å²) >= 11 is 0. The summed E-state index contributed by atoms with van der Waals surface area (Å²) in [5, 5.41) is 0. The maximum absolute atomic E-state index is 6.59. The Kier molecular flexibility index (Phi) is 4.71. The van der Waals surface area contributed by atoms with Gasteiger partial charge in [-0.15, -0.1) is 0 Å². The van der Waals surface area contributed by atoms with Crippen LogP contribution in [-0.2, 0) is 6.42 Å². The first kappa shape index (κ1) is 15.3. The molecule has 1 aliphatic heterocycles. The maximum atomic E-state index is 6.59. The van der Waals surface area contributed by atoms with Gasteiger partial charge in [-0.25, -0.2) is 0 Å². The Balaban J connectivity index is 2.15. The van der Waals surface area contributed by atoms with Gasteiger partial charge >= 0.3 is 0 Å². The summed E-state index contributed by atoms with van der Waals surface area (Å²) in [6, 6.07) is 6.52. The zero-order chi connectivity index (χ0) is 14.8. The van der Waals surface area contributed by atoms with Gasteiger partial charge in [0.05, 0.1) is 7.11 Å². The van der Waals surface area contributed by atoms with Crippen LogP contribution in [0.3, 0.4) is 0 Å². The van der Waals surface area contributed by atoms with Crippen molar-refractivity contribution in [2.24, 2.45) is 5.73 Å². The zero-order valence-corrected chi connectivity index (χ0v) is 13.3. The van der Waals surface area contributed by atoms with Gasteiger partial charge in [-0.05, 0) is 62.5 Å². The van der Waals surface area contributed by atoms with Crippen LogP contribution in [0.25, 0.3) is 0 Å². The molecule has 20 heavy (non-hydrogen) atoms. The SMILES string of the molecule is COc1ccc(CC2(N)CCN(C)CC2)cc1C(C)C. The molecule has 0 aliphatic carbocycles. The van der Waals surface area contributed by atoms with E-state index in [4.69, 9.17) is 10.5 Å². The number of nitrogens with zero attached hydrogens (tertiary/aromatic N) is 1. The quantitative estimate of drug-likeness (QED) is 0.919. The van der Waals surface area contributed by atoms with Crippen molar-refractivity contribution in [1.29, 1.82) is 0 Å². The van der Waals surface area contributed by atoms with Gasteiger partial charge < -0.3 is 15.4 Å². The first-order chi connectivity index (χ1) is 9.43. The van der Waals surface area contributed by atoms with E-state index in [2.05, 4.69) is 44.0 Å². The van der Waals surface area contributed by atoms with E-state index in [0.717, 1.165) is 38.1 Å². The number of benzene rings is 1. The smallest absolute Gasteiger partial charge is 0.122 e. The van der Waals surface area contributed by atoms with E-state index < -0.39 is 0 Å². The summed E-state index contributed by atoms with van der Waals surface area (Å²) in [5.74, 6) is 1.45. The van der Waals surface area contributed by atoms with Crippen molar-refractivity contribution in [1.82, 2.24) is 4.90 Å². The van der Waals surface area contributed by atoms with E-state index in [-0.39, 0.29) is 5.54 Å². The van der Waals surface area contributed by atoms with E-state index in [1.165, 1.54) is 11.1 Å². The van der Waals surface area contributed by atoms with E-state index in [0.29, 0.717) is 5.92 Å². The molecule has 2 N–H and O–H groups in total. The Hall–Kier alpha value is -1.06. The second-order valence-electron chi connectivity index (χ2n) is 6.57. The third kappa shape index (κ3) is 3.53. The standard InChI is InChI=1S/C17H28N2O/c1-13(2)15-11-14(5-6-16(15)20-4)12-17(18)7-9-19(3)10-8-17/h5-6,11,13H,7-10,12,18H2,1-4H3. The fraction of sp³-hybridized carbons (Fsp3) is 0.647. The first-order valence-electron chi connectivity index (χ1n) is 7.58. The topological polar surface area (TPSA) is 38.5 Å². The monoisotopic (exact) mass is 276 g/mol. The van der Waals surface area contributed by atoms with Crippen LogP contribution < -0.4 is 10.5 Å².